The summed E-state index contributed by atoms with van der Waals surface area (Å²) in [6.45, 7) is 2.15. The van der Waals surface area contributed by atoms with Crippen LogP contribution in [0, 0.1) is 10.1 Å². The van der Waals surface area contributed by atoms with Crippen molar-refractivity contribution in [1.82, 2.24) is 0 Å². The van der Waals surface area contributed by atoms with Crippen molar-refractivity contribution in [2.24, 2.45) is 0 Å². The molecule has 0 aliphatic carbocycles. The number of amides is 1. The van der Waals surface area contributed by atoms with Crippen molar-refractivity contribution in [2.45, 2.75) is 13.0 Å². The summed E-state index contributed by atoms with van der Waals surface area (Å²) in [5.74, 6) is -0.872. The number of methoxy groups -OCH3 is 2. The minimum absolute atomic E-state index is 0.0543. The van der Waals surface area contributed by atoms with Gasteiger partial charge in [0.2, 0.25) is 0 Å². The van der Waals surface area contributed by atoms with Crippen LogP contribution in [0.25, 0.3) is 0 Å². The molecule has 0 fully saturated rings. The maximum Gasteiger partial charge on any atom is 0.341 e. The lowest BCUT2D eigenvalue weighted by molar-refractivity contribution is -0.384. The third-order valence-corrected chi connectivity index (χ3v) is 4.05. The van der Waals surface area contributed by atoms with Crippen molar-refractivity contribution in [1.29, 1.82) is 0 Å². The predicted molar refractivity (Wildman–Crippen MR) is 110 cm³/mol. The van der Waals surface area contributed by atoms with Gasteiger partial charge in [0.25, 0.3) is 11.6 Å². The van der Waals surface area contributed by atoms with E-state index in [0.29, 0.717) is 30.3 Å². The second-order valence-electron chi connectivity index (χ2n) is 6.18. The van der Waals surface area contributed by atoms with Crippen LogP contribution in [0.15, 0.2) is 42.5 Å². The smallest absolute Gasteiger partial charge is 0.341 e. The van der Waals surface area contributed by atoms with Gasteiger partial charge in [-0.2, -0.15) is 0 Å². The molecule has 0 aromatic heterocycles. The van der Waals surface area contributed by atoms with Gasteiger partial charge in [-0.05, 0) is 25.1 Å². The highest BCUT2D eigenvalue weighted by molar-refractivity contribution is 6.00. The molecule has 0 aliphatic heterocycles. The van der Waals surface area contributed by atoms with Crippen molar-refractivity contribution in [2.75, 3.05) is 38.0 Å². The lowest BCUT2D eigenvalue weighted by atomic mass is 10.1. The maximum atomic E-state index is 12.6. The van der Waals surface area contributed by atoms with Crippen molar-refractivity contribution < 1.29 is 28.7 Å². The molecule has 0 saturated heterocycles. The molecule has 10 nitrogen and oxygen atoms in total. The summed E-state index contributed by atoms with van der Waals surface area (Å²) >= 11 is 0. The lowest BCUT2D eigenvalue weighted by Crippen LogP contribution is -2.30. The third kappa shape index (κ3) is 6.17. The summed E-state index contributed by atoms with van der Waals surface area (Å²) in [5.41, 5.74) is 0.483. The number of benzene rings is 2. The molecular formula is C20H23N3O7. The summed E-state index contributed by atoms with van der Waals surface area (Å²) in [4.78, 5) is 35.5. The average molecular weight is 417 g/mol. The Morgan fingerprint density at radius 1 is 1.17 bits per heavy atom. The van der Waals surface area contributed by atoms with Crippen LogP contribution in [-0.2, 0) is 14.3 Å². The molecule has 0 radical (unpaired) electrons. The van der Waals surface area contributed by atoms with E-state index in [9.17, 15) is 19.7 Å². The van der Waals surface area contributed by atoms with Crippen LogP contribution >= 0.6 is 0 Å². The number of esters is 1. The highest BCUT2D eigenvalue weighted by Gasteiger charge is 2.23. The van der Waals surface area contributed by atoms with Gasteiger partial charge in [-0.3, -0.25) is 14.9 Å². The van der Waals surface area contributed by atoms with E-state index < -0.39 is 22.9 Å². The molecule has 30 heavy (non-hydrogen) atoms. The van der Waals surface area contributed by atoms with Crippen LogP contribution in [0.4, 0.5) is 17.1 Å². The van der Waals surface area contributed by atoms with Crippen molar-refractivity contribution >= 4 is 28.9 Å². The fourth-order valence-electron chi connectivity index (χ4n) is 2.48. The van der Waals surface area contributed by atoms with E-state index in [1.165, 1.54) is 33.3 Å². The molecule has 0 bridgehead atoms. The Bertz CT molecular complexity index is 917. The number of rotatable bonds is 10. The number of anilines is 2. The van der Waals surface area contributed by atoms with Crippen molar-refractivity contribution in [3.05, 3.63) is 58.1 Å². The Balaban J connectivity index is 2.12. The van der Waals surface area contributed by atoms with E-state index in [4.69, 9.17) is 14.2 Å². The minimum Gasteiger partial charge on any atom is -0.497 e. The molecule has 0 aliphatic rings. The SMILES string of the molecule is COCCNc1ccc([N+](=O)[O-])cc1C(=O)O[C@H](C)C(=O)Nc1cccc(OC)c1. The normalized spacial score (nSPS) is 11.3. The fourth-order valence-corrected chi connectivity index (χ4v) is 2.48. The number of hydrogen-bond donors (Lipinski definition) is 2. The molecular weight excluding hydrogens is 394 g/mol. The number of hydrogen-bond acceptors (Lipinski definition) is 8. The average Bonchev–Trinajstić information content (AvgIpc) is 2.73. The van der Waals surface area contributed by atoms with Gasteiger partial charge < -0.3 is 24.8 Å². The second-order valence-corrected chi connectivity index (χ2v) is 6.18. The van der Waals surface area contributed by atoms with Gasteiger partial charge in [0.05, 0.1) is 24.2 Å². The summed E-state index contributed by atoms with van der Waals surface area (Å²) in [7, 11) is 3.03. The van der Waals surface area contributed by atoms with E-state index >= 15 is 0 Å². The van der Waals surface area contributed by atoms with Crippen LogP contribution in [0.5, 0.6) is 5.75 Å². The number of non-ortho nitro benzene ring substituents is 1. The minimum atomic E-state index is -1.14. The largest absolute Gasteiger partial charge is 0.497 e. The molecule has 1 amide bonds. The zero-order valence-corrected chi connectivity index (χ0v) is 16.8. The highest BCUT2D eigenvalue weighted by atomic mass is 16.6. The van der Waals surface area contributed by atoms with Gasteiger partial charge >= 0.3 is 5.97 Å². The number of carbonyl (C=O) groups excluding carboxylic acids is 2. The van der Waals surface area contributed by atoms with E-state index in [-0.39, 0.29) is 11.3 Å². The van der Waals surface area contributed by atoms with E-state index in [1.54, 1.807) is 24.3 Å². The molecule has 2 rings (SSSR count). The summed E-state index contributed by atoms with van der Waals surface area (Å²) in [6.07, 6.45) is -1.14. The standard InChI is InChI=1S/C20H23N3O7/c1-13(19(24)22-14-5-4-6-16(11-14)29-3)30-20(25)17-12-15(23(26)27)7-8-18(17)21-9-10-28-2/h4-8,11-13,21H,9-10H2,1-3H3,(H,22,24)/t13-/m1/s1. The van der Waals surface area contributed by atoms with E-state index in [0.717, 1.165) is 6.07 Å². The zero-order valence-electron chi connectivity index (χ0n) is 16.8. The summed E-state index contributed by atoms with van der Waals surface area (Å²) < 4.78 is 15.3. The maximum absolute atomic E-state index is 12.6. The number of ether oxygens (including phenoxy) is 3. The Hall–Kier alpha value is -3.66. The first-order chi connectivity index (χ1) is 14.3. The van der Waals surface area contributed by atoms with Gasteiger partial charge in [-0.15, -0.1) is 0 Å². The number of carbonyl (C=O) groups is 2. The first-order valence-electron chi connectivity index (χ1n) is 9.03. The lowest BCUT2D eigenvalue weighted by Gasteiger charge is -2.16. The number of nitro benzene ring substituents is 1. The first kappa shape index (κ1) is 22.6. The van der Waals surface area contributed by atoms with Gasteiger partial charge in [0.15, 0.2) is 6.10 Å². The topological polar surface area (TPSA) is 129 Å². The molecule has 0 heterocycles. The van der Waals surface area contributed by atoms with Crippen LogP contribution in [-0.4, -0.2) is 50.3 Å². The van der Waals surface area contributed by atoms with Crippen LogP contribution < -0.4 is 15.4 Å². The van der Waals surface area contributed by atoms with Gasteiger partial charge in [-0.25, -0.2) is 4.79 Å². The predicted octanol–water partition coefficient (Wildman–Crippen LogP) is 2.85. The first-order valence-corrected chi connectivity index (χ1v) is 9.03. The third-order valence-electron chi connectivity index (χ3n) is 4.05. The van der Waals surface area contributed by atoms with Crippen LogP contribution in [0.2, 0.25) is 0 Å². The number of nitrogens with zero attached hydrogens (tertiary/aromatic N) is 1. The highest BCUT2D eigenvalue weighted by Crippen LogP contribution is 2.24. The zero-order chi connectivity index (χ0) is 22.1. The molecule has 0 unspecified atom stereocenters. The molecule has 0 spiro atoms. The second kappa shape index (κ2) is 10.8. The molecule has 2 aromatic rings. The number of nitrogens with one attached hydrogen (secondary N) is 2. The van der Waals surface area contributed by atoms with Gasteiger partial charge in [0, 0.05) is 43.2 Å². The Labute approximate surface area is 173 Å². The molecule has 2 aromatic carbocycles. The quantitative estimate of drug-likeness (QED) is 0.261. The van der Waals surface area contributed by atoms with Crippen molar-refractivity contribution in [3.63, 3.8) is 0 Å². The molecule has 10 heteroatoms. The summed E-state index contributed by atoms with van der Waals surface area (Å²) in [5, 5.41) is 16.6. The molecule has 160 valence electrons. The van der Waals surface area contributed by atoms with E-state index in [1.807, 2.05) is 0 Å². The van der Waals surface area contributed by atoms with Gasteiger partial charge in [-0.1, -0.05) is 6.07 Å². The summed E-state index contributed by atoms with van der Waals surface area (Å²) in [6, 6.07) is 10.5. The Morgan fingerprint density at radius 3 is 2.60 bits per heavy atom. The van der Waals surface area contributed by atoms with Crippen LogP contribution in [0.3, 0.4) is 0 Å². The Kier molecular flexibility index (Phi) is 8.12. The van der Waals surface area contributed by atoms with E-state index in [2.05, 4.69) is 10.6 Å². The fraction of sp³-hybridized carbons (Fsp3) is 0.300. The molecule has 0 saturated carbocycles. The molecule has 1 atom stereocenters. The number of nitro groups is 1. The van der Waals surface area contributed by atoms with Gasteiger partial charge in [0.1, 0.15) is 5.75 Å². The molecule has 2 N–H and O–H groups in total. The monoisotopic (exact) mass is 417 g/mol. The Morgan fingerprint density at radius 2 is 1.93 bits per heavy atom. The van der Waals surface area contributed by atoms with Crippen LogP contribution in [0.1, 0.15) is 17.3 Å². The van der Waals surface area contributed by atoms with Crippen molar-refractivity contribution in [3.8, 4) is 5.75 Å².